The third kappa shape index (κ3) is 5.34. The van der Waals surface area contributed by atoms with E-state index in [1.54, 1.807) is 0 Å². The van der Waals surface area contributed by atoms with Crippen LogP contribution in [0.3, 0.4) is 0 Å². The lowest BCUT2D eigenvalue weighted by molar-refractivity contribution is -0.124. The minimum atomic E-state index is -0.507. The summed E-state index contributed by atoms with van der Waals surface area (Å²) in [6, 6.07) is 4.19. The van der Waals surface area contributed by atoms with Gasteiger partial charge in [0.1, 0.15) is 11.6 Å². The second-order valence-electron chi connectivity index (χ2n) is 5.01. The molecule has 1 heterocycles. The monoisotopic (exact) mass is 336 g/mol. The van der Waals surface area contributed by atoms with Gasteiger partial charge < -0.3 is 15.4 Å². The Morgan fingerprint density at radius 2 is 2.33 bits per heavy atom. The van der Waals surface area contributed by atoms with Crippen LogP contribution in [0.2, 0.25) is 5.02 Å². The summed E-state index contributed by atoms with van der Waals surface area (Å²) in [5, 5.41) is 6.21. The first-order valence-electron chi connectivity index (χ1n) is 6.64. The molecule has 2 N–H and O–H groups in total. The van der Waals surface area contributed by atoms with Crippen LogP contribution in [0, 0.1) is 11.7 Å². The summed E-state index contributed by atoms with van der Waals surface area (Å²) >= 11 is 5.64. The fourth-order valence-corrected chi connectivity index (χ4v) is 2.36. The van der Waals surface area contributed by atoms with E-state index in [0.717, 1.165) is 19.5 Å². The maximum absolute atomic E-state index is 13.0. The first-order valence-corrected chi connectivity index (χ1v) is 7.02. The van der Waals surface area contributed by atoms with Crippen molar-refractivity contribution in [3.8, 4) is 5.75 Å². The molecule has 1 aliphatic heterocycles. The van der Waals surface area contributed by atoms with E-state index in [2.05, 4.69) is 17.6 Å². The zero-order chi connectivity index (χ0) is 14.5. The highest BCUT2D eigenvalue weighted by atomic mass is 35.5. The summed E-state index contributed by atoms with van der Waals surface area (Å²) in [6.07, 6.45) is 0.912. The number of rotatable bonds is 4. The van der Waals surface area contributed by atoms with Crippen molar-refractivity contribution in [2.75, 3.05) is 19.7 Å². The molecular formula is C14H19Cl2FN2O2. The third-order valence-corrected chi connectivity index (χ3v) is 3.68. The molecule has 21 heavy (non-hydrogen) atoms. The molecule has 0 aliphatic carbocycles. The summed E-state index contributed by atoms with van der Waals surface area (Å²) in [7, 11) is 0. The lowest BCUT2D eigenvalue weighted by Crippen LogP contribution is -2.49. The van der Waals surface area contributed by atoms with Gasteiger partial charge in [0.05, 0.1) is 5.02 Å². The lowest BCUT2D eigenvalue weighted by Gasteiger charge is -2.30. The number of halogens is 3. The standard InChI is InChI=1S/C14H18ClFN2O2.ClH/c1-9-7-17-5-4-13(9)18-14(19)8-20-10-2-3-12(16)11(15)6-10;/h2-3,6,9,13,17H,4-5,7-8H2,1H3,(H,18,19);1H. The molecule has 1 aliphatic rings. The first-order chi connectivity index (χ1) is 9.56. The minimum absolute atomic E-state index is 0. The molecule has 0 radical (unpaired) electrons. The van der Waals surface area contributed by atoms with E-state index in [9.17, 15) is 9.18 Å². The molecule has 0 saturated carbocycles. The average molecular weight is 337 g/mol. The largest absolute Gasteiger partial charge is 0.484 e. The van der Waals surface area contributed by atoms with Crippen LogP contribution in [0.1, 0.15) is 13.3 Å². The van der Waals surface area contributed by atoms with E-state index in [1.165, 1.54) is 18.2 Å². The summed E-state index contributed by atoms with van der Waals surface area (Å²) in [4.78, 5) is 11.8. The molecule has 4 nitrogen and oxygen atoms in total. The van der Waals surface area contributed by atoms with Gasteiger partial charge in [-0.25, -0.2) is 4.39 Å². The predicted octanol–water partition coefficient (Wildman–Crippen LogP) is 2.39. The van der Waals surface area contributed by atoms with Crippen molar-refractivity contribution in [2.24, 2.45) is 5.92 Å². The van der Waals surface area contributed by atoms with Crippen LogP contribution in [0.5, 0.6) is 5.75 Å². The van der Waals surface area contributed by atoms with Crippen LogP contribution < -0.4 is 15.4 Å². The highest BCUT2D eigenvalue weighted by Gasteiger charge is 2.22. The predicted molar refractivity (Wildman–Crippen MR) is 82.7 cm³/mol. The van der Waals surface area contributed by atoms with Crippen molar-refractivity contribution in [1.82, 2.24) is 10.6 Å². The number of benzene rings is 1. The number of piperidine rings is 1. The van der Waals surface area contributed by atoms with Gasteiger partial charge in [0.2, 0.25) is 0 Å². The molecule has 1 amide bonds. The number of amides is 1. The second kappa shape index (κ2) is 8.41. The van der Waals surface area contributed by atoms with E-state index >= 15 is 0 Å². The topological polar surface area (TPSA) is 50.4 Å². The molecular weight excluding hydrogens is 318 g/mol. The fourth-order valence-electron chi connectivity index (χ4n) is 2.19. The second-order valence-corrected chi connectivity index (χ2v) is 5.42. The Morgan fingerprint density at radius 1 is 1.57 bits per heavy atom. The third-order valence-electron chi connectivity index (χ3n) is 3.39. The van der Waals surface area contributed by atoms with E-state index in [0.29, 0.717) is 11.7 Å². The van der Waals surface area contributed by atoms with Gasteiger partial charge in [-0.3, -0.25) is 4.79 Å². The Labute approximate surface area is 134 Å². The van der Waals surface area contributed by atoms with Gasteiger partial charge >= 0.3 is 0 Å². The fraction of sp³-hybridized carbons (Fsp3) is 0.500. The summed E-state index contributed by atoms with van der Waals surface area (Å²) in [5.41, 5.74) is 0. The van der Waals surface area contributed by atoms with Gasteiger partial charge in [0, 0.05) is 12.1 Å². The first kappa shape index (κ1) is 18.0. The molecule has 118 valence electrons. The molecule has 0 aromatic heterocycles. The number of carbonyl (C=O) groups excluding carboxylic acids is 1. The molecule has 2 unspecified atom stereocenters. The van der Waals surface area contributed by atoms with E-state index in [-0.39, 0.29) is 36.0 Å². The van der Waals surface area contributed by atoms with Gasteiger partial charge in [-0.1, -0.05) is 18.5 Å². The zero-order valence-corrected chi connectivity index (χ0v) is 13.3. The molecule has 1 fully saturated rings. The van der Waals surface area contributed by atoms with Crippen LogP contribution in [0.25, 0.3) is 0 Å². The minimum Gasteiger partial charge on any atom is -0.484 e. The summed E-state index contributed by atoms with van der Waals surface area (Å²) in [5.74, 6) is 0.0917. The van der Waals surface area contributed by atoms with Crippen molar-refractivity contribution in [1.29, 1.82) is 0 Å². The van der Waals surface area contributed by atoms with E-state index < -0.39 is 5.82 Å². The number of ether oxygens (including phenoxy) is 1. The van der Waals surface area contributed by atoms with Crippen LogP contribution in [-0.4, -0.2) is 31.6 Å². The molecule has 2 atom stereocenters. The van der Waals surface area contributed by atoms with Crippen LogP contribution in [0.15, 0.2) is 18.2 Å². The Balaban J connectivity index is 0.00000220. The highest BCUT2D eigenvalue weighted by molar-refractivity contribution is 6.30. The molecule has 0 spiro atoms. The van der Waals surface area contributed by atoms with Gasteiger partial charge in [0.15, 0.2) is 6.61 Å². The van der Waals surface area contributed by atoms with Crippen molar-refractivity contribution < 1.29 is 13.9 Å². The molecule has 7 heteroatoms. The Hall–Kier alpha value is -1.04. The zero-order valence-electron chi connectivity index (χ0n) is 11.7. The van der Waals surface area contributed by atoms with Crippen molar-refractivity contribution in [3.63, 3.8) is 0 Å². The smallest absolute Gasteiger partial charge is 0.258 e. The van der Waals surface area contributed by atoms with Gasteiger partial charge in [0.25, 0.3) is 5.91 Å². The quantitative estimate of drug-likeness (QED) is 0.887. The SMILES string of the molecule is CC1CNCCC1NC(=O)COc1ccc(F)c(Cl)c1.Cl. The summed E-state index contributed by atoms with van der Waals surface area (Å²) < 4.78 is 18.3. The summed E-state index contributed by atoms with van der Waals surface area (Å²) in [6.45, 7) is 3.80. The maximum Gasteiger partial charge on any atom is 0.258 e. The molecule has 1 aromatic carbocycles. The van der Waals surface area contributed by atoms with Gasteiger partial charge in [-0.2, -0.15) is 0 Å². The molecule has 2 rings (SSSR count). The maximum atomic E-state index is 13.0. The van der Waals surface area contributed by atoms with Crippen LogP contribution >= 0.6 is 24.0 Å². The average Bonchev–Trinajstić information content (AvgIpc) is 2.43. The highest BCUT2D eigenvalue weighted by Crippen LogP contribution is 2.21. The van der Waals surface area contributed by atoms with Crippen molar-refractivity contribution in [2.45, 2.75) is 19.4 Å². The molecule has 0 bridgehead atoms. The van der Waals surface area contributed by atoms with E-state index in [4.69, 9.17) is 16.3 Å². The number of nitrogens with one attached hydrogen (secondary N) is 2. The molecule has 1 saturated heterocycles. The van der Waals surface area contributed by atoms with E-state index in [1.807, 2.05) is 0 Å². The van der Waals surface area contributed by atoms with Crippen molar-refractivity contribution in [3.05, 3.63) is 29.0 Å². The van der Waals surface area contributed by atoms with Gasteiger partial charge in [-0.05, 0) is 37.6 Å². The van der Waals surface area contributed by atoms with Crippen LogP contribution in [-0.2, 0) is 4.79 Å². The Morgan fingerprint density at radius 3 is 3.00 bits per heavy atom. The normalized spacial score (nSPS) is 21.3. The number of carbonyl (C=O) groups is 1. The Kier molecular flexibility index (Phi) is 7.22. The Bertz CT molecular complexity index is 488. The lowest BCUT2D eigenvalue weighted by atomic mass is 9.95. The van der Waals surface area contributed by atoms with Crippen molar-refractivity contribution >= 4 is 29.9 Å². The van der Waals surface area contributed by atoms with Gasteiger partial charge in [-0.15, -0.1) is 12.4 Å². The number of hydrogen-bond acceptors (Lipinski definition) is 3. The molecule has 1 aromatic rings. The number of hydrogen-bond donors (Lipinski definition) is 2. The van der Waals surface area contributed by atoms with Crippen LogP contribution in [0.4, 0.5) is 4.39 Å².